The average Bonchev–Trinajstić information content (AvgIpc) is 2.84. The fourth-order valence-electron chi connectivity index (χ4n) is 2.24. The lowest BCUT2D eigenvalue weighted by atomic mass is 10.1. The van der Waals surface area contributed by atoms with E-state index in [9.17, 15) is 21.6 Å². The molecule has 1 saturated heterocycles. The molecule has 0 unspecified atom stereocenters. The minimum atomic E-state index is -3.26. The minimum Gasteiger partial charge on any atom is -0.273 e. The Labute approximate surface area is 135 Å². The maximum Gasteiger partial charge on any atom is 0.244 e. The molecule has 1 fully saturated rings. The quantitative estimate of drug-likeness (QED) is 0.617. The number of hydrazone groups is 1. The van der Waals surface area contributed by atoms with Gasteiger partial charge in [0, 0.05) is 6.26 Å². The Morgan fingerprint density at radius 1 is 1.26 bits per heavy atom. The Bertz CT molecular complexity index is 840. The van der Waals surface area contributed by atoms with Crippen LogP contribution < -0.4 is 5.43 Å². The molecule has 0 saturated carbocycles. The molecule has 1 aromatic carbocycles. The van der Waals surface area contributed by atoms with Crippen LogP contribution in [0.3, 0.4) is 0 Å². The van der Waals surface area contributed by atoms with Gasteiger partial charge in [0.1, 0.15) is 0 Å². The minimum absolute atomic E-state index is 0.0285. The Kier molecular flexibility index (Phi) is 4.90. The van der Waals surface area contributed by atoms with Crippen molar-refractivity contribution in [1.29, 1.82) is 0 Å². The van der Waals surface area contributed by atoms with E-state index >= 15 is 0 Å². The molecule has 0 spiro atoms. The maximum absolute atomic E-state index is 11.9. The molecular weight excluding hydrogens is 340 g/mol. The van der Waals surface area contributed by atoms with Crippen LogP contribution in [0.5, 0.6) is 0 Å². The van der Waals surface area contributed by atoms with Crippen molar-refractivity contribution in [3.8, 4) is 0 Å². The van der Waals surface area contributed by atoms with Crippen LogP contribution in [-0.4, -0.2) is 46.2 Å². The zero-order valence-electron chi connectivity index (χ0n) is 12.8. The van der Waals surface area contributed by atoms with Crippen molar-refractivity contribution in [1.82, 2.24) is 5.43 Å². The SMILES string of the molecule is C/C(=N/NC(=O)[C@@H]1CCS(=O)(=O)C1)c1ccc(S(C)(=O)=O)cc1. The zero-order valence-corrected chi connectivity index (χ0v) is 14.4. The number of rotatable bonds is 4. The third kappa shape index (κ3) is 4.61. The first-order chi connectivity index (χ1) is 10.6. The van der Waals surface area contributed by atoms with E-state index in [-0.39, 0.29) is 16.4 Å². The molecule has 1 N–H and O–H groups in total. The first-order valence-electron chi connectivity index (χ1n) is 6.93. The molecule has 1 aliphatic heterocycles. The van der Waals surface area contributed by atoms with Crippen LogP contribution in [0.2, 0.25) is 0 Å². The highest BCUT2D eigenvalue weighted by molar-refractivity contribution is 7.91. The molecule has 1 amide bonds. The van der Waals surface area contributed by atoms with E-state index in [0.29, 0.717) is 17.7 Å². The van der Waals surface area contributed by atoms with E-state index in [0.717, 1.165) is 6.26 Å². The fourth-order valence-corrected chi connectivity index (χ4v) is 4.61. The highest BCUT2D eigenvalue weighted by atomic mass is 32.2. The monoisotopic (exact) mass is 358 g/mol. The van der Waals surface area contributed by atoms with Crippen molar-refractivity contribution in [2.24, 2.45) is 11.0 Å². The van der Waals surface area contributed by atoms with Crippen LogP contribution in [0.25, 0.3) is 0 Å². The van der Waals surface area contributed by atoms with Crippen molar-refractivity contribution >= 4 is 31.3 Å². The second-order valence-electron chi connectivity index (χ2n) is 5.57. The van der Waals surface area contributed by atoms with Crippen molar-refractivity contribution in [2.45, 2.75) is 18.2 Å². The van der Waals surface area contributed by atoms with Crippen molar-refractivity contribution < 1.29 is 21.6 Å². The topological polar surface area (TPSA) is 110 Å². The van der Waals surface area contributed by atoms with Crippen LogP contribution in [0.15, 0.2) is 34.3 Å². The molecule has 0 radical (unpaired) electrons. The number of hydrogen-bond donors (Lipinski definition) is 1. The van der Waals surface area contributed by atoms with Gasteiger partial charge in [-0.3, -0.25) is 4.79 Å². The lowest BCUT2D eigenvalue weighted by molar-refractivity contribution is -0.124. The van der Waals surface area contributed by atoms with Gasteiger partial charge in [0.05, 0.1) is 28.0 Å². The molecule has 9 heteroatoms. The Balaban J connectivity index is 2.04. The Morgan fingerprint density at radius 2 is 1.87 bits per heavy atom. The number of amides is 1. The van der Waals surface area contributed by atoms with Gasteiger partial charge in [0.15, 0.2) is 19.7 Å². The first kappa shape index (κ1) is 17.6. The van der Waals surface area contributed by atoms with E-state index in [1.807, 2.05) is 0 Å². The predicted octanol–water partition coefficient (Wildman–Crippen LogP) is 0.365. The molecule has 1 aliphatic rings. The summed E-state index contributed by atoms with van der Waals surface area (Å²) in [7, 11) is -6.38. The molecule has 1 atom stereocenters. The molecule has 126 valence electrons. The predicted molar refractivity (Wildman–Crippen MR) is 86.7 cm³/mol. The van der Waals surface area contributed by atoms with Crippen molar-refractivity contribution in [3.63, 3.8) is 0 Å². The molecule has 2 rings (SSSR count). The van der Waals surface area contributed by atoms with Crippen LogP contribution in [0, 0.1) is 5.92 Å². The second-order valence-corrected chi connectivity index (χ2v) is 9.81. The van der Waals surface area contributed by atoms with E-state index in [2.05, 4.69) is 10.5 Å². The second kappa shape index (κ2) is 6.40. The molecule has 7 nitrogen and oxygen atoms in total. The number of sulfone groups is 2. The molecule has 0 aromatic heterocycles. The smallest absolute Gasteiger partial charge is 0.244 e. The van der Waals surface area contributed by atoms with E-state index < -0.39 is 31.5 Å². The number of nitrogens with one attached hydrogen (secondary N) is 1. The standard InChI is InChI=1S/C14H18N2O5S2/c1-10(11-3-5-13(6-4-11)22(2,18)19)15-16-14(17)12-7-8-23(20,21)9-12/h3-6,12H,7-9H2,1-2H3,(H,16,17)/b15-10-/t12-/m1/s1. The highest BCUT2D eigenvalue weighted by Crippen LogP contribution is 2.18. The molecule has 0 aliphatic carbocycles. The maximum atomic E-state index is 11.9. The van der Waals surface area contributed by atoms with Gasteiger partial charge in [0.2, 0.25) is 5.91 Å². The van der Waals surface area contributed by atoms with E-state index in [1.165, 1.54) is 12.1 Å². The molecule has 1 heterocycles. The normalized spacial score (nSPS) is 21.1. The van der Waals surface area contributed by atoms with Gasteiger partial charge in [-0.1, -0.05) is 12.1 Å². The third-order valence-electron chi connectivity index (χ3n) is 3.64. The van der Waals surface area contributed by atoms with Gasteiger partial charge in [-0.15, -0.1) is 0 Å². The van der Waals surface area contributed by atoms with Gasteiger partial charge >= 0.3 is 0 Å². The van der Waals surface area contributed by atoms with E-state index in [1.54, 1.807) is 19.1 Å². The third-order valence-corrected chi connectivity index (χ3v) is 6.53. The van der Waals surface area contributed by atoms with Crippen molar-refractivity contribution in [3.05, 3.63) is 29.8 Å². The average molecular weight is 358 g/mol. The summed E-state index contributed by atoms with van der Waals surface area (Å²) in [5, 5.41) is 3.95. The number of carbonyl (C=O) groups excluding carboxylic acids is 1. The molecule has 1 aromatic rings. The number of hydrogen-bond acceptors (Lipinski definition) is 6. The summed E-state index contributed by atoms with van der Waals surface area (Å²) in [6, 6.07) is 6.13. The molecule has 0 bridgehead atoms. The van der Waals surface area contributed by atoms with Crippen LogP contribution in [-0.2, 0) is 24.5 Å². The van der Waals surface area contributed by atoms with Gasteiger partial charge < -0.3 is 0 Å². The summed E-state index contributed by atoms with van der Waals surface area (Å²) in [4.78, 5) is 12.1. The van der Waals surface area contributed by atoms with E-state index in [4.69, 9.17) is 0 Å². The lowest BCUT2D eigenvalue weighted by Crippen LogP contribution is -2.28. The molecular formula is C14H18N2O5S2. The summed E-state index contributed by atoms with van der Waals surface area (Å²) in [5.41, 5.74) is 3.53. The van der Waals surface area contributed by atoms with Crippen molar-refractivity contribution in [2.75, 3.05) is 17.8 Å². The summed E-state index contributed by atoms with van der Waals surface area (Å²) < 4.78 is 45.5. The number of carbonyl (C=O) groups is 1. The van der Waals surface area contributed by atoms with Gasteiger partial charge in [-0.05, 0) is 31.0 Å². The number of benzene rings is 1. The number of nitrogens with zero attached hydrogens (tertiary/aromatic N) is 1. The van der Waals surface area contributed by atoms with Crippen LogP contribution in [0.1, 0.15) is 18.9 Å². The Morgan fingerprint density at radius 3 is 2.35 bits per heavy atom. The first-order valence-corrected chi connectivity index (χ1v) is 10.6. The zero-order chi connectivity index (χ0) is 17.3. The summed E-state index contributed by atoms with van der Waals surface area (Å²) in [6.45, 7) is 1.67. The summed E-state index contributed by atoms with van der Waals surface area (Å²) in [6.07, 6.45) is 1.44. The van der Waals surface area contributed by atoms with Gasteiger partial charge in [-0.25, -0.2) is 22.3 Å². The van der Waals surface area contributed by atoms with Crippen LogP contribution >= 0.6 is 0 Å². The fraction of sp³-hybridized carbons (Fsp3) is 0.429. The largest absolute Gasteiger partial charge is 0.273 e. The molecule has 23 heavy (non-hydrogen) atoms. The van der Waals surface area contributed by atoms with Gasteiger partial charge in [0.25, 0.3) is 0 Å². The summed E-state index contributed by atoms with van der Waals surface area (Å²) >= 11 is 0. The highest BCUT2D eigenvalue weighted by Gasteiger charge is 2.32. The summed E-state index contributed by atoms with van der Waals surface area (Å²) in [5.74, 6) is -1.10. The lowest BCUT2D eigenvalue weighted by Gasteiger charge is -2.07. The van der Waals surface area contributed by atoms with Crippen LogP contribution in [0.4, 0.5) is 0 Å². The Hall–Kier alpha value is -1.74. The van der Waals surface area contributed by atoms with Gasteiger partial charge in [-0.2, -0.15) is 5.10 Å².